The van der Waals surface area contributed by atoms with Gasteiger partial charge in [0.15, 0.2) is 12.2 Å². The molecule has 94 valence electrons. The lowest BCUT2D eigenvalue weighted by molar-refractivity contribution is -0.162. The van der Waals surface area contributed by atoms with Crippen LogP contribution in [0.4, 0.5) is 0 Å². The molecule has 0 saturated heterocycles. The van der Waals surface area contributed by atoms with E-state index in [1.807, 2.05) is 0 Å². The van der Waals surface area contributed by atoms with E-state index in [1.165, 1.54) is 0 Å². The zero-order chi connectivity index (χ0) is 9.72. The van der Waals surface area contributed by atoms with Crippen LogP contribution in [-0.2, 0) is 18.9 Å². The van der Waals surface area contributed by atoms with Gasteiger partial charge in [-0.1, -0.05) is 0 Å². The largest absolute Gasteiger partial charge is 0.541 e. The third-order valence-electron chi connectivity index (χ3n) is 1.01. The van der Waals surface area contributed by atoms with Gasteiger partial charge in [0.1, 0.15) is 0 Å². The molecule has 12 heteroatoms. The second-order valence-corrected chi connectivity index (χ2v) is 1.76. The van der Waals surface area contributed by atoms with Crippen LogP contribution in [-0.4, -0.2) is 72.4 Å². The van der Waals surface area contributed by atoms with Crippen LogP contribution >= 0.6 is 0 Å². The second kappa shape index (κ2) is 13.8. The van der Waals surface area contributed by atoms with Crippen molar-refractivity contribution >= 4 is 28.0 Å². The molecule has 10 nitrogen and oxygen atoms in total. The number of carbonyl (C=O) groups is 2. The Hall–Kier alpha value is -1.17. The van der Waals surface area contributed by atoms with Crippen molar-refractivity contribution < 1.29 is 51.0 Å². The van der Waals surface area contributed by atoms with Gasteiger partial charge in [-0.15, -0.1) is 0 Å². The highest BCUT2D eigenvalue weighted by Gasteiger charge is 2.30. The molecule has 4 radical (unpaired) electrons. The molecule has 0 spiro atoms. The van der Waals surface area contributed by atoms with E-state index in [9.17, 15) is 9.59 Å². The predicted octanol–water partition coefficient (Wildman–Crippen LogP) is -6.34. The van der Waals surface area contributed by atoms with E-state index in [0.29, 0.717) is 0 Å². The molecule has 0 aromatic rings. The van der Waals surface area contributed by atoms with E-state index in [1.54, 1.807) is 0 Å². The summed E-state index contributed by atoms with van der Waals surface area (Å²) in [7, 11) is 8.70. The van der Waals surface area contributed by atoms with Crippen LogP contribution in [0, 0.1) is 0 Å². The first-order chi connectivity index (χ1) is 5.54. The first-order valence-electron chi connectivity index (χ1n) is 2.71. The summed E-state index contributed by atoms with van der Waals surface area (Å²) in [5.41, 5.74) is 0. The van der Waals surface area contributed by atoms with Gasteiger partial charge in [-0.2, -0.15) is 0 Å². The van der Waals surface area contributed by atoms with Crippen LogP contribution < -0.4 is 0 Å². The Morgan fingerprint density at radius 2 is 1.00 bits per heavy atom. The van der Waals surface area contributed by atoms with E-state index in [0.717, 1.165) is 0 Å². The molecule has 0 aliphatic heterocycles. The van der Waals surface area contributed by atoms with Gasteiger partial charge in [-0.3, -0.25) is 9.59 Å². The van der Waals surface area contributed by atoms with Crippen LogP contribution in [0.3, 0.4) is 0 Å². The fraction of sp³-hybridized carbons (Fsp3) is 0.500. The Morgan fingerprint density at radius 1 is 0.812 bits per heavy atom. The summed E-state index contributed by atoms with van der Waals surface area (Å²) >= 11 is 0. The number of hydrogen-bond acceptors (Lipinski definition) is 6. The van der Waals surface area contributed by atoms with Gasteiger partial charge in [0.2, 0.25) is 0 Å². The fourth-order valence-corrected chi connectivity index (χ4v) is 0.397. The van der Waals surface area contributed by atoms with E-state index in [4.69, 9.17) is 10.2 Å². The Balaban J connectivity index is -0.000000101. The van der Waals surface area contributed by atoms with E-state index in [-0.39, 0.29) is 21.9 Å². The van der Waals surface area contributed by atoms with Crippen molar-refractivity contribution in [3.05, 3.63) is 0 Å². The number of hydrogen-bond donors (Lipinski definition) is 2. The molecule has 2 atom stereocenters. The molecule has 0 amide bonds. The third-order valence-corrected chi connectivity index (χ3v) is 1.01. The standard InChI is InChI=1S/C4H4B2O6.4H2O/c5-11-3(9)1(7)2(8)4(10)12-6;;;;/h1-2,7-8H;4*1H2. The van der Waals surface area contributed by atoms with Gasteiger partial charge in [-0.05, 0) is 0 Å². The molecule has 16 heavy (non-hydrogen) atoms. The average Bonchev–Trinajstić information content (AvgIpc) is 2.12. The maximum absolute atomic E-state index is 10.4. The molecule has 0 fully saturated rings. The Kier molecular flexibility index (Phi) is 25.4. The summed E-state index contributed by atoms with van der Waals surface area (Å²) in [4.78, 5) is 20.7. The van der Waals surface area contributed by atoms with Crippen LogP contribution in [0.2, 0.25) is 0 Å². The first-order valence-corrected chi connectivity index (χ1v) is 2.71. The molecular formula is C4H12B2O10. The number of rotatable bonds is 3. The SMILES string of the molecule is O.O.O.O.[B]OC(=O)C(O)C(O)C(=O)O[B]. The minimum absolute atomic E-state index is 0. The van der Waals surface area contributed by atoms with Gasteiger partial charge in [-0.25, -0.2) is 0 Å². The lowest BCUT2D eigenvalue weighted by Crippen LogP contribution is -2.41. The molecule has 2 unspecified atom stereocenters. The maximum atomic E-state index is 10.4. The summed E-state index contributed by atoms with van der Waals surface area (Å²) in [5, 5.41) is 17.5. The molecule has 0 saturated carbocycles. The van der Waals surface area contributed by atoms with E-state index < -0.39 is 24.1 Å². The zero-order valence-corrected chi connectivity index (χ0v) is 7.84. The highest BCUT2D eigenvalue weighted by atomic mass is 16.5. The molecule has 0 aliphatic carbocycles. The van der Waals surface area contributed by atoms with Gasteiger partial charge in [0, 0.05) is 0 Å². The van der Waals surface area contributed by atoms with Gasteiger partial charge >= 0.3 is 28.0 Å². The predicted molar refractivity (Wildman–Crippen MR) is 50.2 cm³/mol. The lowest BCUT2D eigenvalue weighted by Gasteiger charge is -2.13. The van der Waals surface area contributed by atoms with Crippen LogP contribution in [0.5, 0.6) is 0 Å². The second-order valence-electron chi connectivity index (χ2n) is 1.76. The van der Waals surface area contributed by atoms with Gasteiger partial charge in [0.05, 0.1) is 0 Å². The van der Waals surface area contributed by atoms with E-state index >= 15 is 0 Å². The highest BCUT2D eigenvalue weighted by molar-refractivity contribution is 6.08. The van der Waals surface area contributed by atoms with Crippen molar-refractivity contribution in [3.8, 4) is 0 Å². The summed E-state index contributed by atoms with van der Waals surface area (Å²) in [6, 6.07) is 0. The third kappa shape index (κ3) is 8.16. The summed E-state index contributed by atoms with van der Waals surface area (Å²) in [6.07, 6.45) is -4.21. The van der Waals surface area contributed by atoms with Gasteiger partial charge in [0.25, 0.3) is 0 Å². The summed E-state index contributed by atoms with van der Waals surface area (Å²) in [6.45, 7) is 0. The van der Waals surface area contributed by atoms with Crippen LogP contribution in [0.25, 0.3) is 0 Å². The zero-order valence-electron chi connectivity index (χ0n) is 7.84. The van der Waals surface area contributed by atoms with Gasteiger partial charge < -0.3 is 41.4 Å². The lowest BCUT2D eigenvalue weighted by atomic mass is 10.2. The smallest absolute Gasteiger partial charge is 0.378 e. The maximum Gasteiger partial charge on any atom is 0.378 e. The Labute approximate surface area is 92.3 Å². The molecule has 0 aliphatic rings. The van der Waals surface area contributed by atoms with Crippen molar-refractivity contribution in [2.45, 2.75) is 12.2 Å². The van der Waals surface area contributed by atoms with Crippen LogP contribution in [0.15, 0.2) is 0 Å². The molecule has 0 aromatic heterocycles. The van der Waals surface area contributed by atoms with Crippen molar-refractivity contribution in [2.24, 2.45) is 0 Å². The first kappa shape index (κ1) is 29.4. The number of carbonyl (C=O) groups excluding carboxylic acids is 2. The molecule has 10 N–H and O–H groups in total. The molecule has 0 bridgehead atoms. The molecule has 0 aromatic carbocycles. The summed E-state index contributed by atoms with van der Waals surface area (Å²) in [5.74, 6) is -2.74. The fourth-order valence-electron chi connectivity index (χ4n) is 0.397. The minimum atomic E-state index is -2.11. The van der Waals surface area contributed by atoms with Crippen molar-refractivity contribution in [1.29, 1.82) is 0 Å². The normalized spacial score (nSPS) is 10.9. The van der Waals surface area contributed by atoms with Crippen molar-refractivity contribution in [2.75, 3.05) is 0 Å². The van der Waals surface area contributed by atoms with Crippen LogP contribution in [0.1, 0.15) is 0 Å². The summed E-state index contributed by atoms with van der Waals surface area (Å²) < 4.78 is 7.06. The highest BCUT2D eigenvalue weighted by Crippen LogP contribution is 1.97. The quantitative estimate of drug-likeness (QED) is 0.457. The molecular weight excluding hydrogens is 230 g/mol. The topological polar surface area (TPSA) is 219 Å². The Bertz CT molecular complexity index is 166. The van der Waals surface area contributed by atoms with Crippen molar-refractivity contribution in [1.82, 2.24) is 0 Å². The van der Waals surface area contributed by atoms with E-state index in [2.05, 4.69) is 25.4 Å². The van der Waals surface area contributed by atoms with Crippen molar-refractivity contribution in [3.63, 3.8) is 0 Å². The number of aliphatic hydroxyl groups excluding tert-OH is 2. The Morgan fingerprint density at radius 3 is 1.12 bits per heavy atom. The monoisotopic (exact) mass is 242 g/mol. The minimum Gasteiger partial charge on any atom is -0.541 e. The molecule has 0 rings (SSSR count). The number of aliphatic hydroxyl groups is 2. The average molecular weight is 242 g/mol. The molecule has 0 heterocycles.